The van der Waals surface area contributed by atoms with Crippen molar-refractivity contribution in [3.8, 4) is 0 Å². The van der Waals surface area contributed by atoms with E-state index in [4.69, 9.17) is 0 Å². The molecule has 0 spiro atoms. The molecule has 2 heteroatoms. The largest absolute Gasteiger partial charge is 0.309 e. The normalized spacial score (nSPS) is 13.4. The highest BCUT2D eigenvalue weighted by atomic mass is 15.1. The Morgan fingerprint density at radius 2 is 1.59 bits per heavy atom. The Kier molecular flexibility index (Phi) is 5.66. The molecule has 1 rings (SSSR count). The second kappa shape index (κ2) is 6.77. The van der Waals surface area contributed by atoms with Gasteiger partial charge in [-0.15, -0.1) is 0 Å². The van der Waals surface area contributed by atoms with Gasteiger partial charge in [-0.25, -0.2) is 0 Å². The van der Waals surface area contributed by atoms with Gasteiger partial charge in [-0.05, 0) is 37.7 Å². The van der Waals surface area contributed by atoms with Crippen molar-refractivity contribution in [3.63, 3.8) is 0 Å². The van der Waals surface area contributed by atoms with Gasteiger partial charge in [0.15, 0.2) is 0 Å². The quantitative estimate of drug-likeness (QED) is 0.814. The van der Waals surface area contributed by atoms with E-state index in [1.165, 1.54) is 11.1 Å². The topological polar surface area (TPSA) is 15.3 Å². The van der Waals surface area contributed by atoms with E-state index < -0.39 is 0 Å². The molecule has 1 aromatic rings. The molecule has 0 radical (unpaired) electrons. The Morgan fingerprint density at radius 1 is 1.06 bits per heavy atom. The van der Waals surface area contributed by atoms with Crippen LogP contribution in [0, 0.1) is 0 Å². The number of benzene rings is 1. The first kappa shape index (κ1) is 14.2. The first-order chi connectivity index (χ1) is 8.04. The van der Waals surface area contributed by atoms with Gasteiger partial charge in [0.2, 0.25) is 0 Å². The average Bonchev–Trinajstić information content (AvgIpc) is 2.28. The van der Waals surface area contributed by atoms with Crippen molar-refractivity contribution >= 4 is 0 Å². The molecule has 0 saturated heterocycles. The lowest BCUT2D eigenvalue weighted by molar-refractivity contribution is 0.345. The van der Waals surface area contributed by atoms with E-state index in [0.717, 1.165) is 13.1 Å². The van der Waals surface area contributed by atoms with E-state index in [0.29, 0.717) is 12.0 Å². The van der Waals surface area contributed by atoms with Gasteiger partial charge < -0.3 is 10.2 Å². The molecule has 17 heavy (non-hydrogen) atoms. The summed E-state index contributed by atoms with van der Waals surface area (Å²) in [6.07, 6.45) is 0. The van der Waals surface area contributed by atoms with E-state index in [9.17, 15) is 0 Å². The summed E-state index contributed by atoms with van der Waals surface area (Å²) in [6.45, 7) is 8.66. The smallest absolute Gasteiger partial charge is 0.0448 e. The Labute approximate surface area is 106 Å². The predicted octanol–water partition coefficient (Wildman–Crippen LogP) is 3.02. The molecule has 0 aliphatic rings. The summed E-state index contributed by atoms with van der Waals surface area (Å²) in [6, 6.07) is 9.44. The maximum atomic E-state index is 3.54. The molecule has 1 aromatic carbocycles. The standard InChI is InChI=1S/C15H26N2/c1-6-16-15(11-17(4)5)14-9-7-13(8-10-14)12(2)3/h7-10,12,15-16H,6,11H2,1-5H3. The van der Waals surface area contributed by atoms with Crippen LogP contribution in [0.15, 0.2) is 24.3 Å². The molecule has 1 unspecified atom stereocenters. The lowest BCUT2D eigenvalue weighted by Crippen LogP contribution is -2.31. The third-order valence-electron chi connectivity index (χ3n) is 3.00. The molecule has 0 fully saturated rings. The number of hydrogen-bond donors (Lipinski definition) is 1. The zero-order chi connectivity index (χ0) is 12.8. The SMILES string of the molecule is CCNC(CN(C)C)c1ccc(C(C)C)cc1. The number of hydrogen-bond acceptors (Lipinski definition) is 2. The van der Waals surface area contributed by atoms with Crippen LogP contribution in [0.4, 0.5) is 0 Å². The zero-order valence-electron chi connectivity index (χ0n) is 11.8. The maximum Gasteiger partial charge on any atom is 0.0448 e. The maximum absolute atomic E-state index is 3.54. The van der Waals surface area contributed by atoms with E-state index in [1.807, 2.05) is 0 Å². The summed E-state index contributed by atoms with van der Waals surface area (Å²) in [5.74, 6) is 0.607. The summed E-state index contributed by atoms with van der Waals surface area (Å²) in [5.41, 5.74) is 2.79. The van der Waals surface area contributed by atoms with Crippen LogP contribution < -0.4 is 5.32 Å². The van der Waals surface area contributed by atoms with E-state index >= 15 is 0 Å². The predicted molar refractivity (Wildman–Crippen MR) is 75.5 cm³/mol. The van der Waals surface area contributed by atoms with Gasteiger partial charge in [-0.1, -0.05) is 45.0 Å². The van der Waals surface area contributed by atoms with Crippen molar-refractivity contribution in [2.24, 2.45) is 0 Å². The number of rotatable bonds is 6. The van der Waals surface area contributed by atoms with Crippen LogP contribution in [0.3, 0.4) is 0 Å². The zero-order valence-corrected chi connectivity index (χ0v) is 11.8. The van der Waals surface area contributed by atoms with Crippen LogP contribution in [0.5, 0.6) is 0 Å². The highest BCUT2D eigenvalue weighted by Crippen LogP contribution is 2.19. The molecule has 1 N–H and O–H groups in total. The third-order valence-corrected chi connectivity index (χ3v) is 3.00. The molecule has 0 aromatic heterocycles. The van der Waals surface area contributed by atoms with Gasteiger partial charge in [0.25, 0.3) is 0 Å². The summed E-state index contributed by atoms with van der Waals surface area (Å²) in [4.78, 5) is 2.23. The van der Waals surface area contributed by atoms with Crippen LogP contribution >= 0.6 is 0 Å². The molecule has 0 amide bonds. The minimum Gasteiger partial charge on any atom is -0.309 e. The number of nitrogens with zero attached hydrogens (tertiary/aromatic N) is 1. The molecular formula is C15H26N2. The Hall–Kier alpha value is -0.860. The summed E-state index contributed by atoms with van der Waals surface area (Å²) >= 11 is 0. The second-order valence-electron chi connectivity index (χ2n) is 5.19. The van der Waals surface area contributed by atoms with E-state index in [2.05, 4.69) is 69.3 Å². The first-order valence-electron chi connectivity index (χ1n) is 6.52. The molecule has 1 atom stereocenters. The van der Waals surface area contributed by atoms with Crippen LogP contribution in [0.1, 0.15) is 43.9 Å². The van der Waals surface area contributed by atoms with Gasteiger partial charge in [-0.3, -0.25) is 0 Å². The van der Waals surface area contributed by atoms with Gasteiger partial charge in [0.1, 0.15) is 0 Å². The van der Waals surface area contributed by atoms with Crippen LogP contribution in [0.2, 0.25) is 0 Å². The third kappa shape index (κ3) is 4.49. The molecule has 0 heterocycles. The summed E-state index contributed by atoms with van der Waals surface area (Å²) < 4.78 is 0. The van der Waals surface area contributed by atoms with Crippen LogP contribution in [0.25, 0.3) is 0 Å². The minimum absolute atomic E-state index is 0.427. The van der Waals surface area contributed by atoms with Crippen molar-refractivity contribution in [2.75, 3.05) is 27.2 Å². The fourth-order valence-corrected chi connectivity index (χ4v) is 2.01. The number of nitrogens with one attached hydrogen (secondary N) is 1. The van der Waals surface area contributed by atoms with Gasteiger partial charge in [0, 0.05) is 12.6 Å². The highest BCUT2D eigenvalue weighted by Gasteiger charge is 2.11. The second-order valence-corrected chi connectivity index (χ2v) is 5.19. The van der Waals surface area contributed by atoms with Crippen molar-refractivity contribution in [1.29, 1.82) is 0 Å². The van der Waals surface area contributed by atoms with Crippen molar-refractivity contribution in [1.82, 2.24) is 10.2 Å². The molecule has 0 aliphatic carbocycles. The first-order valence-corrected chi connectivity index (χ1v) is 6.52. The highest BCUT2D eigenvalue weighted by molar-refractivity contribution is 5.27. The van der Waals surface area contributed by atoms with Crippen LogP contribution in [-0.4, -0.2) is 32.1 Å². The van der Waals surface area contributed by atoms with E-state index in [-0.39, 0.29) is 0 Å². The van der Waals surface area contributed by atoms with Crippen molar-refractivity contribution in [3.05, 3.63) is 35.4 Å². The molecule has 0 bridgehead atoms. The lowest BCUT2D eigenvalue weighted by Gasteiger charge is -2.22. The van der Waals surface area contributed by atoms with E-state index in [1.54, 1.807) is 0 Å². The van der Waals surface area contributed by atoms with Crippen molar-refractivity contribution in [2.45, 2.75) is 32.7 Å². The Balaban J connectivity index is 2.79. The molecule has 0 aliphatic heterocycles. The van der Waals surface area contributed by atoms with Crippen molar-refractivity contribution < 1.29 is 0 Å². The minimum atomic E-state index is 0.427. The molecule has 96 valence electrons. The molecule has 2 nitrogen and oxygen atoms in total. The molecule has 0 saturated carbocycles. The van der Waals surface area contributed by atoms with Gasteiger partial charge in [0.05, 0.1) is 0 Å². The van der Waals surface area contributed by atoms with Gasteiger partial charge in [-0.2, -0.15) is 0 Å². The Bertz CT molecular complexity index is 314. The van der Waals surface area contributed by atoms with Crippen LogP contribution in [-0.2, 0) is 0 Å². The fourth-order valence-electron chi connectivity index (χ4n) is 2.01. The summed E-state index contributed by atoms with van der Waals surface area (Å²) in [5, 5.41) is 3.54. The fraction of sp³-hybridized carbons (Fsp3) is 0.600. The Morgan fingerprint density at radius 3 is 2.00 bits per heavy atom. The lowest BCUT2D eigenvalue weighted by atomic mass is 9.99. The average molecular weight is 234 g/mol. The summed E-state index contributed by atoms with van der Waals surface area (Å²) in [7, 11) is 4.24. The molecular weight excluding hydrogens is 208 g/mol. The number of likely N-dealkylation sites (N-methyl/N-ethyl adjacent to an activating group) is 2. The van der Waals surface area contributed by atoms with Gasteiger partial charge >= 0.3 is 0 Å². The monoisotopic (exact) mass is 234 g/mol.